The average Bonchev–Trinajstić information content (AvgIpc) is 1.38. The molecule has 0 N–H and O–H groups in total. The molecule has 0 unspecified atom stereocenters. The lowest BCUT2D eigenvalue weighted by molar-refractivity contribution is -0.140. The molecule has 0 aromatic rings. The van der Waals surface area contributed by atoms with Crippen LogP contribution >= 0.6 is 0 Å². The second-order valence-corrected chi connectivity index (χ2v) is 0.366. The van der Waals surface area contributed by atoms with Gasteiger partial charge in [0.25, 0.3) is 0 Å². The molecule has 0 heterocycles. The van der Waals surface area contributed by atoms with E-state index in [0.29, 0.717) is 0 Å². The Bertz CT molecular complexity index is 23.6. The molecule has 0 aromatic carbocycles. The van der Waals surface area contributed by atoms with Crippen molar-refractivity contribution in [2.45, 2.75) is 6.61 Å². The molecule has 0 aliphatic rings. The van der Waals surface area contributed by atoms with E-state index < -0.39 is 6.61 Å². The summed E-state index contributed by atoms with van der Waals surface area (Å²) in [5, 5.41) is 0. The van der Waals surface area contributed by atoms with E-state index >= 15 is 0 Å². The highest BCUT2D eigenvalue weighted by molar-refractivity contribution is 3.90. The monoisotopic (exact) mass is 81.0 g/mol. The summed E-state index contributed by atoms with van der Waals surface area (Å²) in [6.07, 6.45) is 0. The quantitative estimate of drug-likeness (QED) is 0.415. The number of alkyl halides is 2. The summed E-state index contributed by atoms with van der Waals surface area (Å²) in [4.78, 5) is 2.42. The molecule has 0 rings (SSSR count). The van der Waals surface area contributed by atoms with Crippen LogP contribution in [0, 0.1) is 0 Å². The van der Waals surface area contributed by atoms with Crippen molar-refractivity contribution < 1.29 is 13.6 Å². The van der Waals surface area contributed by atoms with E-state index in [1.807, 2.05) is 0 Å². The van der Waals surface area contributed by atoms with Crippen LogP contribution in [0.15, 0.2) is 0 Å². The average molecular weight is 81.0 g/mol. The van der Waals surface area contributed by atoms with E-state index in [0.717, 1.165) is 0 Å². The summed E-state index contributed by atoms with van der Waals surface area (Å²) in [5.41, 5.74) is 0. The van der Waals surface area contributed by atoms with E-state index in [2.05, 4.69) is 4.84 Å². The number of rotatable bonds is 1. The van der Waals surface area contributed by atoms with Gasteiger partial charge >= 0.3 is 6.61 Å². The largest absolute Gasteiger partial charge is 0.363 e. The van der Waals surface area contributed by atoms with Gasteiger partial charge in [-0.15, -0.1) is 0 Å². The molecular weight excluding hydrogens is 80.0 g/mol. The second-order valence-electron chi connectivity index (χ2n) is 0.366. The topological polar surface area (TPSA) is 31.5 Å². The zero-order valence-electron chi connectivity index (χ0n) is 2.19. The normalized spacial score (nSPS) is 9.60. The Morgan fingerprint density at radius 2 is 1.80 bits per heavy atom. The van der Waals surface area contributed by atoms with Gasteiger partial charge in [0.05, 0.1) is 0 Å². The Kier molecular flexibility index (Phi) is 1.95. The Morgan fingerprint density at radius 1 is 1.60 bits per heavy atom. The van der Waals surface area contributed by atoms with Gasteiger partial charge in [0.2, 0.25) is 0 Å². The van der Waals surface area contributed by atoms with Crippen LogP contribution in [-0.4, -0.2) is 6.61 Å². The Morgan fingerprint density at radius 3 is 1.80 bits per heavy atom. The van der Waals surface area contributed by atoms with Gasteiger partial charge in [0.1, 0.15) is 0 Å². The summed E-state index contributed by atoms with van der Waals surface area (Å²) in [6, 6.07) is 0. The van der Waals surface area contributed by atoms with Crippen molar-refractivity contribution in [3.8, 4) is 0 Å². The van der Waals surface area contributed by atoms with E-state index in [-0.39, 0.29) is 0 Å². The first kappa shape index (κ1) is 4.78. The van der Waals surface area contributed by atoms with Crippen LogP contribution in [0.4, 0.5) is 8.78 Å². The van der Waals surface area contributed by atoms with E-state index in [9.17, 15) is 8.78 Å². The van der Waals surface area contributed by atoms with Crippen LogP contribution in [0.2, 0.25) is 0 Å². The molecule has 30 valence electrons. The molecule has 5 heavy (non-hydrogen) atoms. The standard InChI is InChI=1S/CHF2NO/c2-1(3)5-4/h1H. The third kappa shape index (κ3) is 3.78. The van der Waals surface area contributed by atoms with Gasteiger partial charge in [-0.25, -0.2) is 0 Å². The summed E-state index contributed by atoms with van der Waals surface area (Å²) in [7, 11) is 0. The Hall–Kier alpha value is -0.220. The molecule has 0 spiro atoms. The lowest BCUT2D eigenvalue weighted by Crippen LogP contribution is -1.92. The smallest absolute Gasteiger partial charge is 0.195 e. The van der Waals surface area contributed by atoms with Gasteiger partial charge in [0.15, 0.2) is 0 Å². The maximum Gasteiger partial charge on any atom is 0.363 e. The number of nitrogens with zero attached hydrogens (tertiary/aromatic N) is 1. The first-order chi connectivity index (χ1) is 2.27. The summed E-state index contributed by atoms with van der Waals surface area (Å²) >= 11 is 0. The van der Waals surface area contributed by atoms with Crippen LogP contribution in [0.3, 0.4) is 0 Å². The van der Waals surface area contributed by atoms with Crippen molar-refractivity contribution in [3.05, 3.63) is 0 Å². The van der Waals surface area contributed by atoms with Crippen molar-refractivity contribution >= 4 is 0 Å². The molecule has 0 saturated heterocycles. The molecule has 4 heteroatoms. The molecule has 0 amide bonds. The van der Waals surface area contributed by atoms with E-state index in [1.165, 1.54) is 0 Å². The molecule has 0 aliphatic heterocycles. The van der Waals surface area contributed by atoms with Crippen LogP contribution in [0.25, 0.3) is 0 Å². The van der Waals surface area contributed by atoms with Crippen LogP contribution in [0.5, 0.6) is 0 Å². The molecule has 0 aromatic heterocycles. The highest BCUT2D eigenvalue weighted by Crippen LogP contribution is 1.86. The Balaban J connectivity index is 2.54. The van der Waals surface area contributed by atoms with Gasteiger partial charge in [-0.05, 0) is 0 Å². The molecule has 2 nitrogen and oxygen atoms in total. The number of hydrogen-bond donors (Lipinski definition) is 0. The maximum absolute atomic E-state index is 10.3. The van der Waals surface area contributed by atoms with Crippen LogP contribution in [-0.2, 0) is 4.84 Å². The minimum absolute atomic E-state index is 2.42. The minimum atomic E-state index is -3.06. The van der Waals surface area contributed by atoms with Crippen LogP contribution < -0.4 is 5.90 Å². The first-order valence-corrected chi connectivity index (χ1v) is 0.855. The fraction of sp³-hybridized carbons (Fsp3) is 1.00. The highest BCUT2D eigenvalue weighted by atomic mass is 19.3. The predicted molar refractivity (Wildman–Crippen MR) is 9.22 cm³/mol. The lowest BCUT2D eigenvalue weighted by atomic mass is 11.5. The molecule has 0 aliphatic carbocycles. The Labute approximate surface area is 27.5 Å². The van der Waals surface area contributed by atoms with E-state index in [1.54, 1.807) is 0 Å². The lowest BCUT2D eigenvalue weighted by Gasteiger charge is -1.80. The first-order valence-electron chi connectivity index (χ1n) is 0.855. The van der Waals surface area contributed by atoms with Crippen molar-refractivity contribution in [1.29, 1.82) is 0 Å². The summed E-state index contributed by atoms with van der Waals surface area (Å²) in [6.45, 7) is -3.06. The molecular formula is CHF2NO. The van der Waals surface area contributed by atoms with E-state index in [4.69, 9.17) is 5.90 Å². The van der Waals surface area contributed by atoms with Gasteiger partial charge in [-0.3, -0.25) is 0 Å². The molecule has 0 bridgehead atoms. The van der Waals surface area contributed by atoms with Crippen molar-refractivity contribution in [1.82, 2.24) is 5.90 Å². The third-order valence-electron chi connectivity index (χ3n) is 0.0797. The molecule has 0 saturated carbocycles. The summed E-state index contributed by atoms with van der Waals surface area (Å²) < 4.78 is 20.6. The molecule has 0 fully saturated rings. The van der Waals surface area contributed by atoms with Gasteiger partial charge < -0.3 is 0 Å². The highest BCUT2D eigenvalue weighted by Gasteiger charge is 1.94. The van der Waals surface area contributed by atoms with Gasteiger partial charge in [0, 0.05) is 5.90 Å². The fourth-order valence-corrected chi connectivity index (χ4v) is 0. The molecule has 2 radical (unpaired) electrons. The minimum Gasteiger partial charge on any atom is -0.195 e. The number of hydrogen-bond acceptors (Lipinski definition) is 1. The third-order valence-corrected chi connectivity index (χ3v) is 0.0797. The van der Waals surface area contributed by atoms with Crippen LogP contribution in [0.1, 0.15) is 0 Å². The van der Waals surface area contributed by atoms with Crippen molar-refractivity contribution in [3.63, 3.8) is 0 Å². The number of halogens is 2. The van der Waals surface area contributed by atoms with Gasteiger partial charge in [-0.2, -0.15) is 13.6 Å². The second kappa shape index (κ2) is 2.04. The maximum atomic E-state index is 10.3. The predicted octanol–water partition coefficient (Wildman–Crippen LogP) is 0.209. The van der Waals surface area contributed by atoms with Crippen molar-refractivity contribution in [2.24, 2.45) is 0 Å². The van der Waals surface area contributed by atoms with Gasteiger partial charge in [-0.1, -0.05) is 0 Å². The SMILES string of the molecule is [N]OC(F)F. The zero-order chi connectivity index (χ0) is 4.28. The van der Waals surface area contributed by atoms with Crippen molar-refractivity contribution in [2.75, 3.05) is 0 Å². The summed E-state index contributed by atoms with van der Waals surface area (Å²) in [5.74, 6) is 6.89. The molecule has 0 atom stereocenters. The zero-order valence-corrected chi connectivity index (χ0v) is 2.19. The fourth-order valence-electron chi connectivity index (χ4n) is 0.